The second-order valence-electron chi connectivity index (χ2n) is 7.08. The Morgan fingerprint density at radius 3 is 2.84 bits per heavy atom. The van der Waals surface area contributed by atoms with Crippen molar-refractivity contribution in [3.63, 3.8) is 0 Å². The van der Waals surface area contributed by atoms with Crippen molar-refractivity contribution in [2.75, 3.05) is 20.1 Å². The zero-order valence-corrected chi connectivity index (χ0v) is 15.0. The maximum atomic E-state index is 13.0. The van der Waals surface area contributed by atoms with Gasteiger partial charge >= 0.3 is 0 Å². The molecular weight excluding hydrogens is 339 g/mol. The molecule has 7 heteroatoms. The van der Waals surface area contributed by atoms with Crippen LogP contribution in [0.2, 0.25) is 0 Å². The molecule has 2 fully saturated rings. The highest BCUT2D eigenvalue weighted by Crippen LogP contribution is 2.56. The Kier molecular flexibility index (Phi) is 4.29. The Morgan fingerprint density at radius 1 is 1.40 bits per heavy atom. The minimum absolute atomic E-state index is 0.0943. The molecule has 0 bridgehead atoms. The van der Waals surface area contributed by atoms with E-state index < -0.39 is 5.82 Å². The molecule has 0 N–H and O–H groups in total. The Labute approximate surface area is 150 Å². The van der Waals surface area contributed by atoms with E-state index in [0.29, 0.717) is 17.2 Å². The van der Waals surface area contributed by atoms with E-state index in [0.717, 1.165) is 43.7 Å². The molecule has 2 aromatic heterocycles. The lowest BCUT2D eigenvalue weighted by molar-refractivity contribution is 0.0651. The summed E-state index contributed by atoms with van der Waals surface area (Å²) in [4.78, 5) is 25.0. The number of halogens is 1. The Morgan fingerprint density at radius 2 is 2.20 bits per heavy atom. The van der Waals surface area contributed by atoms with Gasteiger partial charge in [-0.25, -0.2) is 14.4 Å². The summed E-state index contributed by atoms with van der Waals surface area (Å²) < 4.78 is 13.0. The molecule has 2 aliphatic rings. The highest BCUT2D eigenvalue weighted by Gasteiger charge is 2.56. The van der Waals surface area contributed by atoms with Crippen LogP contribution in [0.25, 0.3) is 0 Å². The number of pyridine rings is 1. The molecule has 0 unspecified atom stereocenters. The van der Waals surface area contributed by atoms with Gasteiger partial charge in [-0.2, -0.15) is 0 Å². The van der Waals surface area contributed by atoms with Crippen LogP contribution >= 0.6 is 11.3 Å². The van der Waals surface area contributed by atoms with Crippen LogP contribution in [0.4, 0.5) is 4.39 Å². The van der Waals surface area contributed by atoms with Gasteiger partial charge in [0.25, 0.3) is 5.91 Å². The third-order valence-corrected chi connectivity index (χ3v) is 6.30. The normalized spacial score (nSPS) is 21.7. The third-order valence-electron chi connectivity index (χ3n) is 5.54. The molecular formula is C18H21FN4OS. The minimum Gasteiger partial charge on any atom is -0.337 e. The maximum Gasteiger partial charge on any atom is 0.272 e. The fourth-order valence-corrected chi connectivity index (χ4v) is 4.64. The summed E-state index contributed by atoms with van der Waals surface area (Å²) in [5.41, 5.74) is 0.671. The third kappa shape index (κ3) is 3.30. The van der Waals surface area contributed by atoms with Gasteiger partial charge in [-0.1, -0.05) is 0 Å². The van der Waals surface area contributed by atoms with Crippen molar-refractivity contribution in [3.8, 4) is 0 Å². The van der Waals surface area contributed by atoms with Crippen LogP contribution < -0.4 is 0 Å². The zero-order chi connectivity index (χ0) is 17.4. The standard InChI is InChI=1S/C18H21FN4OS/c1-22(12-16-20-6-9-25-16)15-10-18(15)4-7-23(8-5-18)17(24)14-3-2-13(19)11-21-14/h2-3,6,9,11,15H,4-5,7-8,10,12H2,1H3/t15-/m1/s1. The van der Waals surface area contributed by atoms with Gasteiger partial charge in [0.15, 0.2) is 0 Å². The summed E-state index contributed by atoms with van der Waals surface area (Å²) in [6.07, 6.45) is 6.19. The quantitative estimate of drug-likeness (QED) is 0.841. The van der Waals surface area contributed by atoms with Gasteiger partial charge in [-0.15, -0.1) is 11.3 Å². The number of piperidine rings is 1. The lowest BCUT2D eigenvalue weighted by atomic mass is 9.92. The first kappa shape index (κ1) is 16.6. The molecule has 1 saturated heterocycles. The molecule has 4 rings (SSSR count). The van der Waals surface area contributed by atoms with Gasteiger partial charge in [0.1, 0.15) is 16.5 Å². The van der Waals surface area contributed by atoms with Crippen molar-refractivity contribution in [1.82, 2.24) is 19.8 Å². The largest absolute Gasteiger partial charge is 0.337 e. The average Bonchev–Trinajstić information content (AvgIpc) is 3.07. The van der Waals surface area contributed by atoms with Crippen molar-refractivity contribution in [2.24, 2.45) is 5.41 Å². The predicted molar refractivity (Wildman–Crippen MR) is 93.8 cm³/mol. The van der Waals surface area contributed by atoms with E-state index in [-0.39, 0.29) is 5.91 Å². The Hall–Kier alpha value is -1.86. The minimum atomic E-state index is -0.418. The van der Waals surface area contributed by atoms with Gasteiger partial charge in [-0.3, -0.25) is 9.69 Å². The number of nitrogens with zero attached hydrogens (tertiary/aromatic N) is 4. The lowest BCUT2D eigenvalue weighted by Gasteiger charge is -2.34. The lowest BCUT2D eigenvalue weighted by Crippen LogP contribution is -2.41. The molecule has 3 heterocycles. The first-order chi connectivity index (χ1) is 12.1. The van der Waals surface area contributed by atoms with E-state index in [9.17, 15) is 9.18 Å². The second-order valence-corrected chi connectivity index (χ2v) is 8.06. The fraction of sp³-hybridized carbons (Fsp3) is 0.500. The van der Waals surface area contributed by atoms with E-state index in [1.165, 1.54) is 18.6 Å². The molecule has 1 saturated carbocycles. The van der Waals surface area contributed by atoms with E-state index >= 15 is 0 Å². The molecule has 1 atom stereocenters. The maximum absolute atomic E-state index is 13.0. The zero-order valence-electron chi connectivity index (χ0n) is 14.2. The van der Waals surface area contributed by atoms with Crippen molar-refractivity contribution < 1.29 is 9.18 Å². The number of thiazole rings is 1. The van der Waals surface area contributed by atoms with Crippen molar-refractivity contribution in [1.29, 1.82) is 0 Å². The van der Waals surface area contributed by atoms with Crippen LogP contribution in [0.1, 0.15) is 34.8 Å². The van der Waals surface area contributed by atoms with Crippen LogP contribution in [0, 0.1) is 11.2 Å². The number of hydrogen-bond acceptors (Lipinski definition) is 5. The number of carbonyl (C=O) groups excluding carboxylic acids is 1. The van der Waals surface area contributed by atoms with Crippen LogP contribution in [-0.2, 0) is 6.54 Å². The summed E-state index contributed by atoms with van der Waals surface area (Å²) in [5.74, 6) is -0.513. The first-order valence-corrected chi connectivity index (χ1v) is 9.45. The number of hydrogen-bond donors (Lipinski definition) is 0. The summed E-state index contributed by atoms with van der Waals surface area (Å²) in [6, 6.07) is 3.33. The summed E-state index contributed by atoms with van der Waals surface area (Å²) in [5, 5.41) is 3.17. The van der Waals surface area contributed by atoms with Crippen molar-refractivity contribution in [2.45, 2.75) is 31.8 Å². The molecule has 2 aromatic rings. The monoisotopic (exact) mass is 360 g/mol. The van der Waals surface area contributed by atoms with Gasteiger partial charge < -0.3 is 4.90 Å². The molecule has 1 aliphatic carbocycles. The fourth-order valence-electron chi connectivity index (χ4n) is 3.96. The number of amides is 1. The summed E-state index contributed by atoms with van der Waals surface area (Å²) in [6.45, 7) is 2.39. The van der Waals surface area contributed by atoms with Crippen LogP contribution in [0.15, 0.2) is 29.9 Å². The molecule has 5 nitrogen and oxygen atoms in total. The number of aromatic nitrogens is 2. The van der Waals surface area contributed by atoms with Gasteiger partial charge in [-0.05, 0) is 43.9 Å². The summed E-state index contributed by atoms with van der Waals surface area (Å²) in [7, 11) is 2.17. The first-order valence-electron chi connectivity index (χ1n) is 8.57. The average molecular weight is 360 g/mol. The summed E-state index contributed by atoms with van der Waals surface area (Å²) >= 11 is 1.70. The van der Waals surface area contributed by atoms with Crippen LogP contribution in [0.5, 0.6) is 0 Å². The van der Waals surface area contributed by atoms with E-state index in [1.54, 1.807) is 11.3 Å². The molecule has 1 amide bonds. The predicted octanol–water partition coefficient (Wildman–Crippen LogP) is 2.80. The molecule has 0 radical (unpaired) electrons. The molecule has 0 aromatic carbocycles. The molecule has 1 aliphatic heterocycles. The van der Waals surface area contributed by atoms with Gasteiger partial charge in [0.05, 0.1) is 12.7 Å². The highest BCUT2D eigenvalue weighted by atomic mass is 32.1. The van der Waals surface area contributed by atoms with E-state index in [4.69, 9.17) is 0 Å². The van der Waals surface area contributed by atoms with Gasteiger partial charge in [0.2, 0.25) is 0 Å². The topological polar surface area (TPSA) is 49.3 Å². The SMILES string of the molecule is CN(Cc1nccs1)[C@@H]1CC12CCN(C(=O)c1ccc(F)cn1)CC2. The van der Waals surface area contributed by atoms with Crippen LogP contribution in [0.3, 0.4) is 0 Å². The smallest absolute Gasteiger partial charge is 0.272 e. The Balaban J connectivity index is 1.33. The van der Waals surface area contributed by atoms with E-state index in [2.05, 4.69) is 21.9 Å². The van der Waals surface area contributed by atoms with Crippen molar-refractivity contribution >= 4 is 17.2 Å². The van der Waals surface area contributed by atoms with E-state index in [1.807, 2.05) is 16.5 Å². The Bertz CT molecular complexity index is 741. The molecule has 1 spiro atoms. The number of rotatable bonds is 4. The van der Waals surface area contributed by atoms with Gasteiger partial charge in [0, 0.05) is 30.7 Å². The molecule has 132 valence electrons. The molecule has 25 heavy (non-hydrogen) atoms. The highest BCUT2D eigenvalue weighted by molar-refractivity contribution is 7.09. The second kappa shape index (κ2) is 6.46. The number of carbonyl (C=O) groups is 1. The number of likely N-dealkylation sites (tertiary alicyclic amines) is 1. The van der Waals surface area contributed by atoms with Crippen LogP contribution in [-0.4, -0.2) is 51.9 Å². The van der Waals surface area contributed by atoms with Crippen molar-refractivity contribution in [3.05, 3.63) is 46.4 Å².